The number of nitrogens with one attached hydrogen (secondary N) is 2. The van der Waals surface area contributed by atoms with E-state index in [-0.39, 0.29) is 12.1 Å². The molecule has 0 aromatic heterocycles. The van der Waals surface area contributed by atoms with Crippen LogP contribution in [0.15, 0.2) is 77.7 Å². The summed E-state index contributed by atoms with van der Waals surface area (Å²) >= 11 is 0. The van der Waals surface area contributed by atoms with E-state index in [4.69, 9.17) is 0 Å². The Balaban J connectivity index is 1.88. The van der Waals surface area contributed by atoms with Gasteiger partial charge in [0.15, 0.2) is 11.6 Å². The highest BCUT2D eigenvalue weighted by molar-refractivity contribution is 7.89. The van der Waals surface area contributed by atoms with Gasteiger partial charge in [-0.15, -0.1) is 0 Å². The number of hydrogen-bond donors (Lipinski definition) is 2. The molecule has 0 saturated heterocycles. The van der Waals surface area contributed by atoms with Crippen LogP contribution in [0, 0.1) is 17.5 Å². The van der Waals surface area contributed by atoms with E-state index in [1.54, 1.807) is 30.3 Å². The largest absolute Gasteiger partial charge is 0.325 e. The van der Waals surface area contributed by atoms with Gasteiger partial charge < -0.3 is 5.32 Å². The van der Waals surface area contributed by atoms with Crippen LogP contribution in [0.5, 0.6) is 0 Å². The van der Waals surface area contributed by atoms with Gasteiger partial charge in [0.1, 0.15) is 16.8 Å². The highest BCUT2D eigenvalue weighted by Gasteiger charge is 2.28. The third-order valence-electron chi connectivity index (χ3n) is 4.21. The maximum Gasteiger partial charge on any atom is 0.244 e. The molecule has 0 heterocycles. The SMILES string of the molecule is O=C(Nc1ccc(F)c(F)c1)[C@H](Cc1ccccc1)NS(=O)(=O)c1ccccc1F. The van der Waals surface area contributed by atoms with Gasteiger partial charge in [-0.1, -0.05) is 42.5 Å². The molecule has 0 unspecified atom stereocenters. The van der Waals surface area contributed by atoms with Crippen molar-refractivity contribution in [2.24, 2.45) is 0 Å². The lowest BCUT2D eigenvalue weighted by atomic mass is 10.1. The van der Waals surface area contributed by atoms with E-state index in [1.165, 1.54) is 12.1 Å². The van der Waals surface area contributed by atoms with Crippen LogP contribution in [0.3, 0.4) is 0 Å². The number of rotatable bonds is 7. The number of amides is 1. The van der Waals surface area contributed by atoms with E-state index in [1.807, 2.05) is 0 Å². The van der Waals surface area contributed by atoms with Gasteiger partial charge >= 0.3 is 0 Å². The fraction of sp³-hybridized carbons (Fsp3) is 0.0952. The third-order valence-corrected chi connectivity index (χ3v) is 5.71. The molecule has 0 bridgehead atoms. The topological polar surface area (TPSA) is 75.3 Å². The molecule has 5 nitrogen and oxygen atoms in total. The van der Waals surface area contributed by atoms with Crippen LogP contribution < -0.4 is 10.0 Å². The van der Waals surface area contributed by atoms with E-state index in [2.05, 4.69) is 10.0 Å². The third kappa shape index (κ3) is 5.25. The monoisotopic (exact) mass is 434 g/mol. The van der Waals surface area contributed by atoms with Crippen molar-refractivity contribution in [2.75, 3.05) is 5.32 Å². The first kappa shape index (κ1) is 21.5. The summed E-state index contributed by atoms with van der Waals surface area (Å²) < 4.78 is 68.1. The molecule has 0 spiro atoms. The summed E-state index contributed by atoms with van der Waals surface area (Å²) in [5, 5.41) is 2.35. The zero-order valence-corrected chi connectivity index (χ0v) is 16.3. The van der Waals surface area contributed by atoms with E-state index in [0.717, 1.165) is 30.3 Å². The maximum atomic E-state index is 14.0. The average molecular weight is 434 g/mol. The lowest BCUT2D eigenvalue weighted by Gasteiger charge is -2.19. The van der Waals surface area contributed by atoms with Crippen molar-refractivity contribution in [1.82, 2.24) is 4.72 Å². The smallest absolute Gasteiger partial charge is 0.244 e. The van der Waals surface area contributed by atoms with Gasteiger partial charge in [0.2, 0.25) is 15.9 Å². The van der Waals surface area contributed by atoms with Crippen molar-refractivity contribution < 1.29 is 26.4 Å². The van der Waals surface area contributed by atoms with Gasteiger partial charge in [-0.25, -0.2) is 21.6 Å². The second kappa shape index (κ2) is 9.10. The summed E-state index contributed by atoms with van der Waals surface area (Å²) in [6.07, 6.45) is -0.0516. The van der Waals surface area contributed by atoms with Crippen LogP contribution in [-0.4, -0.2) is 20.4 Å². The van der Waals surface area contributed by atoms with Gasteiger partial charge in [-0.3, -0.25) is 4.79 Å². The fourth-order valence-electron chi connectivity index (χ4n) is 2.75. The Morgan fingerprint density at radius 2 is 1.50 bits per heavy atom. The van der Waals surface area contributed by atoms with Crippen LogP contribution >= 0.6 is 0 Å². The predicted octanol–water partition coefficient (Wildman–Crippen LogP) is 3.63. The molecule has 0 aliphatic carbocycles. The molecule has 0 fully saturated rings. The summed E-state index contributed by atoms with van der Waals surface area (Å²) in [5.74, 6) is -4.04. The molecule has 3 rings (SSSR count). The molecular formula is C21H17F3N2O3S. The van der Waals surface area contributed by atoms with E-state index in [0.29, 0.717) is 5.56 Å². The second-order valence-electron chi connectivity index (χ2n) is 6.41. The second-order valence-corrected chi connectivity index (χ2v) is 8.09. The lowest BCUT2D eigenvalue weighted by Crippen LogP contribution is -2.45. The fourth-order valence-corrected chi connectivity index (χ4v) is 4.03. The van der Waals surface area contributed by atoms with Gasteiger partial charge in [0.05, 0.1) is 0 Å². The minimum atomic E-state index is -4.38. The maximum absolute atomic E-state index is 14.0. The highest BCUT2D eigenvalue weighted by atomic mass is 32.2. The normalized spacial score (nSPS) is 12.4. The van der Waals surface area contributed by atoms with E-state index in [9.17, 15) is 26.4 Å². The van der Waals surface area contributed by atoms with Crippen LogP contribution in [0.4, 0.5) is 18.9 Å². The summed E-state index contributed by atoms with van der Waals surface area (Å²) in [6, 6.07) is 14.7. The van der Waals surface area contributed by atoms with Crippen molar-refractivity contribution in [2.45, 2.75) is 17.4 Å². The minimum absolute atomic E-state index is 0.0516. The van der Waals surface area contributed by atoms with Crippen LogP contribution in [0.25, 0.3) is 0 Å². The number of sulfonamides is 1. The molecule has 0 radical (unpaired) electrons. The summed E-state index contributed by atoms with van der Waals surface area (Å²) in [4.78, 5) is 12.2. The van der Waals surface area contributed by atoms with Crippen molar-refractivity contribution in [3.05, 3.63) is 95.8 Å². The predicted molar refractivity (Wildman–Crippen MR) is 106 cm³/mol. The Hall–Kier alpha value is -3.17. The molecule has 3 aromatic carbocycles. The van der Waals surface area contributed by atoms with Crippen LogP contribution in [0.1, 0.15) is 5.56 Å². The first-order chi connectivity index (χ1) is 14.3. The summed E-state index contributed by atoms with van der Waals surface area (Å²) in [6.45, 7) is 0. The molecule has 9 heteroatoms. The Morgan fingerprint density at radius 3 is 2.17 bits per heavy atom. The number of benzene rings is 3. The van der Waals surface area contributed by atoms with Crippen molar-refractivity contribution in [3.8, 4) is 0 Å². The van der Waals surface area contributed by atoms with Crippen molar-refractivity contribution in [1.29, 1.82) is 0 Å². The zero-order chi connectivity index (χ0) is 21.7. The number of carbonyl (C=O) groups excluding carboxylic acids is 1. The summed E-state index contributed by atoms with van der Waals surface area (Å²) in [5.41, 5.74) is 0.584. The molecule has 1 amide bonds. The first-order valence-electron chi connectivity index (χ1n) is 8.83. The molecule has 0 aliphatic rings. The molecule has 30 heavy (non-hydrogen) atoms. The van der Waals surface area contributed by atoms with Gasteiger partial charge in [-0.2, -0.15) is 4.72 Å². The number of carbonyl (C=O) groups is 1. The van der Waals surface area contributed by atoms with Crippen molar-refractivity contribution in [3.63, 3.8) is 0 Å². The molecule has 3 aromatic rings. The number of halogens is 3. The van der Waals surface area contributed by atoms with Crippen LogP contribution in [-0.2, 0) is 21.2 Å². The van der Waals surface area contributed by atoms with Crippen molar-refractivity contribution >= 4 is 21.6 Å². The zero-order valence-electron chi connectivity index (χ0n) is 15.5. The minimum Gasteiger partial charge on any atom is -0.325 e. The number of hydrogen-bond acceptors (Lipinski definition) is 3. The first-order valence-corrected chi connectivity index (χ1v) is 10.3. The quantitative estimate of drug-likeness (QED) is 0.596. The highest BCUT2D eigenvalue weighted by Crippen LogP contribution is 2.17. The van der Waals surface area contributed by atoms with Gasteiger partial charge in [0.25, 0.3) is 0 Å². The molecular weight excluding hydrogens is 417 g/mol. The molecule has 2 N–H and O–H groups in total. The Labute approximate surface area is 171 Å². The Kier molecular flexibility index (Phi) is 6.53. The molecule has 1 atom stereocenters. The summed E-state index contributed by atoms with van der Waals surface area (Å²) in [7, 11) is -4.38. The molecule has 0 saturated carbocycles. The van der Waals surface area contributed by atoms with E-state index >= 15 is 0 Å². The molecule has 0 aliphatic heterocycles. The lowest BCUT2D eigenvalue weighted by molar-refractivity contribution is -0.117. The Morgan fingerprint density at radius 1 is 0.833 bits per heavy atom. The van der Waals surface area contributed by atoms with Crippen LogP contribution in [0.2, 0.25) is 0 Å². The van der Waals surface area contributed by atoms with Gasteiger partial charge in [0, 0.05) is 11.8 Å². The van der Waals surface area contributed by atoms with Gasteiger partial charge in [-0.05, 0) is 36.2 Å². The molecule has 156 valence electrons. The average Bonchev–Trinajstić information content (AvgIpc) is 2.71. The van der Waals surface area contributed by atoms with E-state index < -0.39 is 44.3 Å². The standard InChI is InChI=1S/C21H17F3N2O3S/c22-16-11-10-15(13-18(16)24)25-21(27)19(12-14-6-2-1-3-7-14)26-30(28,29)20-9-5-4-8-17(20)23/h1-11,13,19,26H,12H2,(H,25,27)/t19-/m0/s1. The Bertz CT molecular complexity index is 1160. The number of anilines is 1.